The van der Waals surface area contributed by atoms with E-state index in [1.807, 2.05) is 35.7 Å². The number of thiophene rings is 1. The Bertz CT molecular complexity index is 1170. The highest BCUT2D eigenvalue weighted by Gasteiger charge is 2.18. The first kappa shape index (κ1) is 20.3. The van der Waals surface area contributed by atoms with Crippen LogP contribution in [-0.2, 0) is 11.3 Å². The Hall–Kier alpha value is -2.94. The number of aromatic nitrogens is 2. The van der Waals surface area contributed by atoms with Crippen molar-refractivity contribution < 1.29 is 18.6 Å². The highest BCUT2D eigenvalue weighted by Crippen LogP contribution is 2.37. The fraction of sp³-hybridized carbons (Fsp3) is 0.182. The van der Waals surface area contributed by atoms with E-state index in [1.54, 1.807) is 7.11 Å². The largest absolute Gasteiger partial charge is 0.386 e. The van der Waals surface area contributed by atoms with E-state index >= 15 is 0 Å². The number of nitrogens with one attached hydrogen (secondary N) is 1. The molecule has 5 nitrogen and oxygen atoms in total. The minimum absolute atomic E-state index is 0.00877. The Morgan fingerprint density at radius 2 is 1.93 bits per heavy atom. The van der Waals surface area contributed by atoms with Crippen LogP contribution in [0.15, 0.2) is 53.9 Å². The van der Waals surface area contributed by atoms with Gasteiger partial charge in [-0.15, -0.1) is 11.3 Å². The molecule has 0 bridgehead atoms. The van der Waals surface area contributed by atoms with E-state index in [2.05, 4.69) is 15.3 Å². The average Bonchev–Trinajstić information content (AvgIpc) is 3.17. The fourth-order valence-corrected chi connectivity index (χ4v) is 4.18. The number of anilines is 1. The molecule has 8 heteroatoms. The van der Waals surface area contributed by atoms with E-state index in [4.69, 9.17) is 4.74 Å². The third kappa shape index (κ3) is 4.16. The van der Waals surface area contributed by atoms with Gasteiger partial charge in [-0.05, 0) is 11.6 Å². The van der Waals surface area contributed by atoms with E-state index < -0.39 is 17.7 Å². The molecule has 154 valence electrons. The van der Waals surface area contributed by atoms with Crippen molar-refractivity contribution in [3.05, 3.63) is 76.9 Å². The molecule has 1 unspecified atom stereocenters. The van der Waals surface area contributed by atoms with Crippen molar-refractivity contribution in [2.45, 2.75) is 12.7 Å². The number of halogens is 2. The lowest BCUT2D eigenvalue weighted by atomic mass is 10.1. The van der Waals surface area contributed by atoms with Crippen LogP contribution in [0.1, 0.15) is 17.5 Å². The van der Waals surface area contributed by atoms with Crippen LogP contribution >= 0.6 is 11.3 Å². The number of aliphatic hydroxyl groups is 1. The van der Waals surface area contributed by atoms with Crippen molar-refractivity contribution in [2.24, 2.45) is 0 Å². The van der Waals surface area contributed by atoms with Crippen molar-refractivity contribution in [3.63, 3.8) is 0 Å². The van der Waals surface area contributed by atoms with Crippen LogP contribution in [0.3, 0.4) is 0 Å². The molecular formula is C22H19F2N3O2S. The van der Waals surface area contributed by atoms with Gasteiger partial charge in [-0.25, -0.2) is 18.7 Å². The van der Waals surface area contributed by atoms with E-state index in [0.29, 0.717) is 11.6 Å². The van der Waals surface area contributed by atoms with Crippen molar-refractivity contribution in [3.8, 4) is 11.1 Å². The summed E-state index contributed by atoms with van der Waals surface area (Å²) in [5, 5.41) is 16.4. The van der Waals surface area contributed by atoms with Crippen LogP contribution in [0.5, 0.6) is 0 Å². The number of ether oxygens (including phenoxy) is 1. The van der Waals surface area contributed by atoms with Gasteiger partial charge in [0.2, 0.25) is 0 Å². The van der Waals surface area contributed by atoms with Gasteiger partial charge in [0.1, 0.15) is 28.9 Å². The number of aliphatic hydroxyl groups excluding tert-OH is 1. The molecule has 2 heterocycles. The normalized spacial score (nSPS) is 12.3. The summed E-state index contributed by atoms with van der Waals surface area (Å²) < 4.78 is 32.3. The predicted molar refractivity (Wildman–Crippen MR) is 113 cm³/mol. The Kier molecular flexibility index (Phi) is 5.98. The molecule has 0 aliphatic heterocycles. The minimum atomic E-state index is -1.18. The van der Waals surface area contributed by atoms with Crippen molar-refractivity contribution in [1.29, 1.82) is 0 Å². The van der Waals surface area contributed by atoms with Crippen LogP contribution in [0.2, 0.25) is 0 Å². The molecule has 0 amide bonds. The van der Waals surface area contributed by atoms with Crippen LogP contribution in [0.25, 0.3) is 21.3 Å². The molecule has 0 saturated carbocycles. The Morgan fingerprint density at radius 3 is 2.67 bits per heavy atom. The lowest BCUT2D eigenvalue weighted by Crippen LogP contribution is -2.15. The Labute approximate surface area is 176 Å². The lowest BCUT2D eigenvalue weighted by Gasteiger charge is -2.15. The number of methoxy groups -OCH3 is 1. The summed E-state index contributed by atoms with van der Waals surface area (Å²) >= 11 is 1.49. The molecule has 2 aromatic carbocycles. The van der Waals surface area contributed by atoms with Crippen molar-refractivity contribution >= 4 is 27.4 Å². The maximum absolute atomic E-state index is 14.0. The summed E-state index contributed by atoms with van der Waals surface area (Å²) in [4.78, 5) is 9.88. The summed E-state index contributed by atoms with van der Waals surface area (Å²) in [5.74, 6) is -0.466. The average molecular weight is 427 g/mol. The number of nitrogens with zero attached hydrogens (tertiary/aromatic N) is 2. The maximum atomic E-state index is 14.0. The van der Waals surface area contributed by atoms with E-state index in [-0.39, 0.29) is 18.7 Å². The predicted octanol–water partition coefficient (Wildman–Crippen LogP) is 4.93. The highest BCUT2D eigenvalue weighted by atomic mass is 32.1. The molecule has 0 fully saturated rings. The maximum Gasteiger partial charge on any atom is 0.158 e. The van der Waals surface area contributed by atoms with Gasteiger partial charge in [-0.3, -0.25) is 0 Å². The second-order valence-electron chi connectivity index (χ2n) is 6.68. The molecule has 0 aliphatic carbocycles. The molecule has 1 atom stereocenters. The molecule has 2 aromatic heterocycles. The molecule has 4 rings (SSSR count). The standard InChI is InChI=1S/C22H19F2N3O2S/c1-29-11-19-26-21(25-10-18(28)15-8-7-14(23)9-17(15)24)20-16(12-30-22(20)27-19)13-5-3-2-4-6-13/h2-9,12,18,28H,10-11H2,1H3,(H,25,26,27). The van der Waals surface area contributed by atoms with Gasteiger partial charge >= 0.3 is 0 Å². The molecule has 0 aliphatic rings. The van der Waals surface area contributed by atoms with Crippen LogP contribution in [-0.4, -0.2) is 28.7 Å². The van der Waals surface area contributed by atoms with Crippen molar-refractivity contribution in [1.82, 2.24) is 9.97 Å². The van der Waals surface area contributed by atoms with E-state index in [1.165, 1.54) is 17.4 Å². The fourth-order valence-electron chi connectivity index (χ4n) is 3.21. The monoisotopic (exact) mass is 427 g/mol. The van der Waals surface area contributed by atoms with Gasteiger partial charge in [0.05, 0.1) is 11.5 Å². The van der Waals surface area contributed by atoms with Crippen LogP contribution < -0.4 is 5.32 Å². The summed E-state index contributed by atoms with van der Waals surface area (Å²) in [5.41, 5.74) is 1.99. The van der Waals surface area contributed by atoms with Gasteiger partial charge in [-0.1, -0.05) is 36.4 Å². The first-order chi connectivity index (χ1) is 14.6. The lowest BCUT2D eigenvalue weighted by molar-refractivity contribution is 0.178. The second kappa shape index (κ2) is 8.83. The first-order valence-electron chi connectivity index (χ1n) is 9.26. The highest BCUT2D eigenvalue weighted by molar-refractivity contribution is 7.17. The van der Waals surface area contributed by atoms with Crippen LogP contribution in [0.4, 0.5) is 14.6 Å². The van der Waals surface area contributed by atoms with Gasteiger partial charge in [0.15, 0.2) is 5.82 Å². The second-order valence-corrected chi connectivity index (χ2v) is 7.54. The zero-order valence-electron chi connectivity index (χ0n) is 16.1. The molecule has 0 spiro atoms. The molecule has 4 aromatic rings. The van der Waals surface area contributed by atoms with Gasteiger partial charge < -0.3 is 15.2 Å². The molecule has 0 saturated heterocycles. The molecule has 0 radical (unpaired) electrons. The SMILES string of the molecule is COCc1nc(NCC(O)c2ccc(F)cc2F)c2c(-c3ccccc3)csc2n1. The summed E-state index contributed by atoms with van der Waals surface area (Å²) in [7, 11) is 1.56. The summed E-state index contributed by atoms with van der Waals surface area (Å²) in [6, 6.07) is 13.0. The number of rotatable bonds is 7. The number of fused-ring (bicyclic) bond motifs is 1. The molecule has 2 N–H and O–H groups in total. The van der Waals surface area contributed by atoms with Gasteiger partial charge in [-0.2, -0.15) is 0 Å². The molecular weight excluding hydrogens is 408 g/mol. The zero-order valence-corrected chi connectivity index (χ0v) is 16.9. The smallest absolute Gasteiger partial charge is 0.158 e. The van der Waals surface area contributed by atoms with Crippen molar-refractivity contribution in [2.75, 3.05) is 19.0 Å². The third-order valence-electron chi connectivity index (χ3n) is 4.62. The summed E-state index contributed by atoms with van der Waals surface area (Å²) in [6.45, 7) is 0.226. The first-order valence-corrected chi connectivity index (χ1v) is 10.1. The van der Waals surface area contributed by atoms with E-state index in [9.17, 15) is 13.9 Å². The summed E-state index contributed by atoms with van der Waals surface area (Å²) in [6.07, 6.45) is -1.18. The van der Waals surface area contributed by atoms with Gasteiger partial charge in [0, 0.05) is 36.2 Å². The molecule has 30 heavy (non-hydrogen) atoms. The van der Waals surface area contributed by atoms with Crippen LogP contribution in [0, 0.1) is 11.6 Å². The Morgan fingerprint density at radius 1 is 1.13 bits per heavy atom. The Balaban J connectivity index is 1.70. The topological polar surface area (TPSA) is 67.3 Å². The minimum Gasteiger partial charge on any atom is -0.386 e. The van der Waals surface area contributed by atoms with Gasteiger partial charge in [0.25, 0.3) is 0 Å². The number of hydrogen-bond acceptors (Lipinski definition) is 6. The number of hydrogen-bond donors (Lipinski definition) is 2. The quantitative estimate of drug-likeness (QED) is 0.438. The number of benzene rings is 2. The zero-order chi connectivity index (χ0) is 21.1. The third-order valence-corrected chi connectivity index (χ3v) is 5.49. The van der Waals surface area contributed by atoms with E-state index in [0.717, 1.165) is 33.5 Å².